The molecule has 1 N–H and O–H groups in total. The fourth-order valence-corrected chi connectivity index (χ4v) is 5.88. The quantitative estimate of drug-likeness (QED) is 0.250. The van der Waals surface area contributed by atoms with Crippen LogP contribution in [0, 0.1) is 0 Å². The topological polar surface area (TPSA) is 46.5 Å². The van der Waals surface area contributed by atoms with Gasteiger partial charge in [0, 0.05) is 12.3 Å². The summed E-state index contributed by atoms with van der Waals surface area (Å²) >= 11 is 0. The van der Waals surface area contributed by atoms with Crippen LogP contribution in [0.25, 0.3) is 0 Å². The number of aryl methyl sites for hydroxylation is 2. The Morgan fingerprint density at radius 1 is 0.633 bits per heavy atom. The Morgan fingerprint density at radius 3 is 1.57 bits per heavy atom. The van der Waals surface area contributed by atoms with Crippen LogP contribution in [0.4, 0.5) is 0 Å². The molecule has 0 saturated carbocycles. The fraction of sp³-hybridized carbons (Fsp3) is 0.308. The molecule has 0 aromatic heterocycles. The van der Waals surface area contributed by atoms with E-state index in [0.717, 1.165) is 38.5 Å². The molecule has 0 aliphatic carbocycles. The van der Waals surface area contributed by atoms with Crippen molar-refractivity contribution in [3.8, 4) is 11.5 Å². The van der Waals surface area contributed by atoms with Crippen molar-refractivity contribution in [2.75, 3.05) is 12.3 Å². The van der Waals surface area contributed by atoms with Gasteiger partial charge >= 0.3 is 0 Å². The number of rotatable bonds is 12. The zero-order valence-electron chi connectivity index (χ0n) is 17.5. The summed E-state index contributed by atoms with van der Waals surface area (Å²) in [5.41, 5.74) is 2.63. The van der Waals surface area contributed by atoms with Crippen molar-refractivity contribution in [2.24, 2.45) is 0 Å². The number of aromatic hydroxyl groups is 1. The SMILES string of the molecule is O=P(CCCCc1ccccc1)(CCCCc1ccccc1)Oc1ccc(O)cc1. The van der Waals surface area contributed by atoms with E-state index in [1.54, 1.807) is 24.3 Å². The van der Waals surface area contributed by atoms with E-state index >= 15 is 0 Å². The normalized spacial score (nSPS) is 11.3. The summed E-state index contributed by atoms with van der Waals surface area (Å²) in [6.07, 6.45) is 6.92. The summed E-state index contributed by atoms with van der Waals surface area (Å²) in [4.78, 5) is 0. The van der Waals surface area contributed by atoms with Crippen LogP contribution >= 0.6 is 7.37 Å². The van der Waals surface area contributed by atoms with Crippen molar-refractivity contribution in [2.45, 2.75) is 38.5 Å². The lowest BCUT2D eigenvalue weighted by Gasteiger charge is -2.20. The van der Waals surface area contributed by atoms with Gasteiger partial charge in [-0.25, -0.2) is 0 Å². The molecule has 0 amide bonds. The molecule has 0 saturated heterocycles. The van der Waals surface area contributed by atoms with Crippen LogP contribution in [0.15, 0.2) is 84.9 Å². The number of unbranched alkanes of at least 4 members (excludes halogenated alkanes) is 2. The second-order valence-electron chi connectivity index (χ2n) is 7.73. The molecular weight excluding hydrogens is 391 g/mol. The van der Waals surface area contributed by atoms with Gasteiger partial charge in [-0.2, -0.15) is 0 Å². The minimum atomic E-state index is -2.78. The highest BCUT2D eigenvalue weighted by molar-refractivity contribution is 7.59. The van der Waals surface area contributed by atoms with Crippen LogP contribution in [-0.2, 0) is 17.4 Å². The van der Waals surface area contributed by atoms with Crippen molar-refractivity contribution >= 4 is 7.37 Å². The summed E-state index contributed by atoms with van der Waals surface area (Å²) in [6, 6.07) is 27.3. The van der Waals surface area contributed by atoms with Crippen LogP contribution in [0.1, 0.15) is 36.8 Å². The van der Waals surface area contributed by atoms with Gasteiger partial charge in [0.2, 0.25) is 7.37 Å². The maximum Gasteiger partial charge on any atom is 0.247 e. The molecule has 158 valence electrons. The third-order valence-corrected chi connectivity index (χ3v) is 7.76. The summed E-state index contributed by atoms with van der Waals surface area (Å²) in [6.45, 7) is 0. The van der Waals surface area contributed by atoms with Crippen molar-refractivity contribution in [1.82, 2.24) is 0 Å². The van der Waals surface area contributed by atoms with E-state index in [1.807, 2.05) is 12.1 Å². The summed E-state index contributed by atoms with van der Waals surface area (Å²) in [5.74, 6) is 0.755. The zero-order valence-corrected chi connectivity index (χ0v) is 18.3. The first-order valence-corrected chi connectivity index (χ1v) is 12.8. The molecule has 0 atom stereocenters. The molecule has 0 aliphatic rings. The first-order chi connectivity index (χ1) is 14.6. The number of phenolic OH excluding ortho intramolecular Hbond substituents is 1. The van der Waals surface area contributed by atoms with E-state index < -0.39 is 7.37 Å². The predicted octanol–water partition coefficient (Wildman–Crippen LogP) is 7.09. The summed E-state index contributed by atoms with van der Waals surface area (Å²) < 4.78 is 19.6. The number of hydrogen-bond donors (Lipinski definition) is 1. The third kappa shape index (κ3) is 7.72. The smallest absolute Gasteiger partial charge is 0.247 e. The Balaban J connectivity index is 1.52. The van der Waals surface area contributed by atoms with Crippen LogP contribution in [0.2, 0.25) is 0 Å². The molecule has 3 nitrogen and oxygen atoms in total. The van der Waals surface area contributed by atoms with Gasteiger partial charge in [-0.05, 0) is 73.9 Å². The molecule has 0 radical (unpaired) electrons. The monoisotopic (exact) mass is 422 g/mol. The lowest BCUT2D eigenvalue weighted by Crippen LogP contribution is -2.04. The molecule has 0 fully saturated rings. The van der Waals surface area contributed by atoms with Gasteiger partial charge < -0.3 is 9.63 Å². The molecule has 0 unspecified atom stereocenters. The predicted molar refractivity (Wildman–Crippen MR) is 125 cm³/mol. The molecule has 3 aromatic carbocycles. The molecule has 3 aromatic rings. The Bertz CT molecular complexity index is 857. The van der Waals surface area contributed by atoms with Crippen LogP contribution in [0.3, 0.4) is 0 Å². The largest absolute Gasteiger partial charge is 0.508 e. The molecule has 3 rings (SSSR count). The summed E-state index contributed by atoms with van der Waals surface area (Å²) in [7, 11) is -2.78. The van der Waals surface area contributed by atoms with Crippen LogP contribution in [0.5, 0.6) is 11.5 Å². The maximum atomic E-state index is 13.6. The lowest BCUT2D eigenvalue weighted by atomic mass is 10.1. The van der Waals surface area contributed by atoms with E-state index in [9.17, 15) is 9.67 Å². The molecule has 0 heterocycles. The molecule has 0 aliphatic heterocycles. The molecule has 0 bridgehead atoms. The van der Waals surface area contributed by atoms with Gasteiger partial charge in [0.25, 0.3) is 0 Å². The van der Waals surface area contributed by atoms with E-state index in [2.05, 4.69) is 48.5 Å². The Morgan fingerprint density at radius 2 is 1.10 bits per heavy atom. The second kappa shape index (κ2) is 11.6. The van der Waals surface area contributed by atoms with Gasteiger partial charge in [-0.15, -0.1) is 0 Å². The van der Waals surface area contributed by atoms with Gasteiger partial charge in [0.05, 0.1) is 0 Å². The highest BCUT2D eigenvalue weighted by Crippen LogP contribution is 2.49. The lowest BCUT2D eigenvalue weighted by molar-refractivity contribution is 0.465. The minimum Gasteiger partial charge on any atom is -0.508 e. The van der Waals surface area contributed by atoms with Crippen LogP contribution in [-0.4, -0.2) is 17.4 Å². The Hall–Kier alpha value is -2.51. The average molecular weight is 423 g/mol. The van der Waals surface area contributed by atoms with E-state index in [4.69, 9.17) is 4.52 Å². The molecular formula is C26H31O3P. The standard InChI is InChI=1S/C26H31O3P/c27-25-17-19-26(20-18-25)29-30(28,21-9-7-15-23-11-3-1-4-12-23)22-10-8-16-24-13-5-2-6-14-24/h1-6,11-14,17-20,27H,7-10,15-16,21-22H2. The highest BCUT2D eigenvalue weighted by Gasteiger charge is 2.23. The van der Waals surface area contributed by atoms with Crippen molar-refractivity contribution in [1.29, 1.82) is 0 Å². The molecule has 30 heavy (non-hydrogen) atoms. The van der Waals surface area contributed by atoms with Crippen molar-refractivity contribution in [3.05, 3.63) is 96.1 Å². The molecule has 4 heteroatoms. The Labute approximate surface area is 180 Å². The van der Waals surface area contributed by atoms with Crippen molar-refractivity contribution < 1.29 is 14.2 Å². The Kier molecular flexibility index (Phi) is 8.59. The average Bonchev–Trinajstić information content (AvgIpc) is 2.78. The summed E-state index contributed by atoms with van der Waals surface area (Å²) in [5, 5.41) is 9.49. The van der Waals surface area contributed by atoms with Gasteiger partial charge in [-0.1, -0.05) is 60.7 Å². The highest BCUT2D eigenvalue weighted by atomic mass is 31.2. The first kappa shape index (κ1) is 22.2. The first-order valence-electron chi connectivity index (χ1n) is 10.8. The maximum absolute atomic E-state index is 13.6. The second-order valence-corrected chi connectivity index (χ2v) is 10.4. The minimum absolute atomic E-state index is 0.183. The number of phenols is 1. The van der Waals surface area contributed by atoms with E-state index in [0.29, 0.717) is 18.1 Å². The van der Waals surface area contributed by atoms with Gasteiger partial charge in [0.15, 0.2) is 0 Å². The third-order valence-electron chi connectivity index (χ3n) is 5.22. The van der Waals surface area contributed by atoms with Gasteiger partial charge in [0.1, 0.15) is 11.5 Å². The number of hydrogen-bond acceptors (Lipinski definition) is 3. The van der Waals surface area contributed by atoms with Crippen LogP contribution < -0.4 is 4.52 Å². The molecule has 0 spiro atoms. The number of benzene rings is 3. The fourth-order valence-electron chi connectivity index (χ4n) is 3.56. The van der Waals surface area contributed by atoms with E-state index in [1.165, 1.54) is 11.1 Å². The van der Waals surface area contributed by atoms with Gasteiger partial charge in [-0.3, -0.25) is 4.57 Å². The van der Waals surface area contributed by atoms with Crippen molar-refractivity contribution in [3.63, 3.8) is 0 Å². The van der Waals surface area contributed by atoms with E-state index in [-0.39, 0.29) is 5.75 Å². The zero-order chi connectivity index (χ0) is 21.1.